The summed E-state index contributed by atoms with van der Waals surface area (Å²) in [7, 11) is 0. The van der Waals surface area contributed by atoms with E-state index in [4.69, 9.17) is 20.4 Å². The summed E-state index contributed by atoms with van der Waals surface area (Å²) in [5.74, 6) is -1.77. The van der Waals surface area contributed by atoms with Gasteiger partial charge in [0.2, 0.25) is 0 Å². The van der Waals surface area contributed by atoms with Crippen LogP contribution in [0.15, 0.2) is 0 Å². The van der Waals surface area contributed by atoms with Crippen LogP contribution in [-0.4, -0.2) is 57.1 Å². The summed E-state index contributed by atoms with van der Waals surface area (Å²) in [6, 6.07) is 0. The van der Waals surface area contributed by atoms with Gasteiger partial charge < -0.3 is 35.1 Å². The Kier molecular flexibility index (Phi) is 5.48. The van der Waals surface area contributed by atoms with Gasteiger partial charge in [-0.05, 0) is 0 Å². The summed E-state index contributed by atoms with van der Waals surface area (Å²) in [6.45, 7) is 0. The maximum absolute atomic E-state index is 10.3. The Bertz CT molecular complexity index is 210. The van der Waals surface area contributed by atoms with E-state index < -0.39 is 36.7 Å². The van der Waals surface area contributed by atoms with Crippen LogP contribution < -0.4 is 34.7 Å². The van der Waals surface area contributed by atoms with Crippen molar-refractivity contribution < 1.29 is 64.6 Å². The van der Waals surface area contributed by atoms with Gasteiger partial charge in [-0.25, -0.2) is 0 Å². The zero-order valence-corrected chi connectivity index (χ0v) is 9.40. The zero-order chi connectivity index (χ0) is 10.2. The number of hydrogen-bond donors (Lipinski definition) is 4. The van der Waals surface area contributed by atoms with Crippen molar-refractivity contribution in [1.29, 1.82) is 0 Å². The molecule has 0 aromatic carbocycles. The van der Waals surface area contributed by atoms with Crippen molar-refractivity contribution in [2.75, 3.05) is 0 Å². The van der Waals surface area contributed by atoms with Gasteiger partial charge in [0, 0.05) is 0 Å². The van der Waals surface area contributed by atoms with E-state index in [1.54, 1.807) is 0 Å². The Morgan fingerprint density at radius 3 is 2.00 bits per heavy atom. The first kappa shape index (κ1) is 14.3. The normalized spacial score (nSPS) is 42.7. The molecule has 1 fully saturated rings. The Balaban J connectivity index is 0.00000169. The monoisotopic (exact) mass is 216 g/mol. The summed E-state index contributed by atoms with van der Waals surface area (Å²) in [4.78, 5) is 10.3. The van der Waals surface area contributed by atoms with Gasteiger partial charge in [-0.15, -0.1) is 0 Å². The second-order valence-corrected chi connectivity index (χ2v) is 2.74. The Hall–Kier alpha value is 0.270. The smallest absolute Gasteiger partial charge is 0.547 e. The SMILES string of the molecule is O=C([O-])[C@@H]1O[C@@H](O)[C@H](O)[C@@H](O)[C@@H]1O.[Na+]. The molecule has 8 heteroatoms. The molecule has 0 bridgehead atoms. The van der Waals surface area contributed by atoms with Gasteiger partial charge in [-0.2, -0.15) is 0 Å². The van der Waals surface area contributed by atoms with E-state index >= 15 is 0 Å². The van der Waals surface area contributed by atoms with Crippen LogP contribution in [0.2, 0.25) is 0 Å². The number of carbonyl (C=O) groups excluding carboxylic acids is 1. The second-order valence-electron chi connectivity index (χ2n) is 2.74. The fourth-order valence-corrected chi connectivity index (χ4v) is 1.06. The van der Waals surface area contributed by atoms with E-state index in [1.165, 1.54) is 0 Å². The molecule has 0 unspecified atom stereocenters. The van der Waals surface area contributed by atoms with Gasteiger partial charge >= 0.3 is 29.6 Å². The number of hydrogen-bond acceptors (Lipinski definition) is 7. The minimum Gasteiger partial charge on any atom is -0.547 e. The third kappa shape index (κ3) is 2.65. The molecule has 0 radical (unpaired) electrons. The van der Waals surface area contributed by atoms with Gasteiger partial charge in [0.25, 0.3) is 0 Å². The summed E-state index contributed by atoms with van der Waals surface area (Å²) < 4.78 is 4.28. The molecule has 7 nitrogen and oxygen atoms in total. The number of carboxylic acids is 1. The molecule has 5 atom stereocenters. The molecule has 0 amide bonds. The van der Waals surface area contributed by atoms with E-state index in [-0.39, 0.29) is 29.6 Å². The summed E-state index contributed by atoms with van der Waals surface area (Å²) in [5, 5.41) is 46.1. The van der Waals surface area contributed by atoms with Crippen LogP contribution in [0.1, 0.15) is 0 Å². The maximum Gasteiger partial charge on any atom is 1.00 e. The van der Waals surface area contributed by atoms with Crippen molar-refractivity contribution in [3.63, 3.8) is 0 Å². The van der Waals surface area contributed by atoms with Crippen molar-refractivity contribution in [1.82, 2.24) is 0 Å². The van der Waals surface area contributed by atoms with Crippen molar-refractivity contribution in [2.24, 2.45) is 0 Å². The van der Waals surface area contributed by atoms with Gasteiger partial charge in [-0.1, -0.05) is 0 Å². The van der Waals surface area contributed by atoms with Crippen LogP contribution in [0, 0.1) is 0 Å². The van der Waals surface area contributed by atoms with E-state index in [0.717, 1.165) is 0 Å². The van der Waals surface area contributed by atoms with E-state index in [2.05, 4.69) is 4.74 Å². The van der Waals surface area contributed by atoms with Crippen LogP contribution in [0.25, 0.3) is 0 Å². The van der Waals surface area contributed by atoms with E-state index in [9.17, 15) is 9.90 Å². The number of aliphatic hydroxyl groups excluding tert-OH is 4. The van der Waals surface area contributed by atoms with Crippen LogP contribution in [0.3, 0.4) is 0 Å². The largest absolute Gasteiger partial charge is 1.00 e. The van der Waals surface area contributed by atoms with Gasteiger partial charge in [0.1, 0.15) is 24.4 Å². The van der Waals surface area contributed by atoms with Crippen LogP contribution >= 0.6 is 0 Å². The molecule has 1 rings (SSSR count). The van der Waals surface area contributed by atoms with Gasteiger partial charge in [0.15, 0.2) is 6.29 Å². The summed E-state index contributed by atoms with van der Waals surface area (Å²) in [5.41, 5.74) is 0. The molecular weight excluding hydrogens is 207 g/mol. The zero-order valence-electron chi connectivity index (χ0n) is 7.40. The topological polar surface area (TPSA) is 130 Å². The van der Waals surface area contributed by atoms with Crippen LogP contribution in [-0.2, 0) is 9.53 Å². The molecule has 0 aliphatic carbocycles. The predicted octanol–water partition coefficient (Wildman–Crippen LogP) is -7.46. The molecular formula is C6H9NaO7. The molecule has 76 valence electrons. The first-order valence-electron chi connectivity index (χ1n) is 3.53. The average Bonchev–Trinajstić information content (AvgIpc) is 2.07. The van der Waals surface area contributed by atoms with Crippen molar-refractivity contribution >= 4 is 5.97 Å². The third-order valence-corrected chi connectivity index (χ3v) is 1.82. The fraction of sp³-hybridized carbons (Fsp3) is 0.833. The molecule has 0 saturated carbocycles. The molecule has 1 aliphatic rings. The average molecular weight is 216 g/mol. The van der Waals surface area contributed by atoms with E-state index in [0.29, 0.717) is 0 Å². The first-order valence-corrected chi connectivity index (χ1v) is 3.53. The number of ether oxygens (including phenoxy) is 1. The van der Waals surface area contributed by atoms with Crippen molar-refractivity contribution in [3.8, 4) is 0 Å². The Morgan fingerprint density at radius 1 is 1.07 bits per heavy atom. The number of aliphatic hydroxyl groups is 4. The van der Waals surface area contributed by atoms with Crippen molar-refractivity contribution in [3.05, 3.63) is 0 Å². The molecule has 0 aromatic heterocycles. The fourth-order valence-electron chi connectivity index (χ4n) is 1.06. The predicted molar refractivity (Wildman–Crippen MR) is 33.9 cm³/mol. The van der Waals surface area contributed by atoms with E-state index in [1.807, 2.05) is 0 Å². The quantitative estimate of drug-likeness (QED) is 0.320. The number of rotatable bonds is 1. The second kappa shape index (κ2) is 5.38. The summed E-state index contributed by atoms with van der Waals surface area (Å²) in [6.07, 6.45) is -9.00. The summed E-state index contributed by atoms with van der Waals surface area (Å²) >= 11 is 0. The standard InChI is InChI=1S/C6H10O7.Na/c7-1-2(8)4(5(10)11)13-6(12)3(1)9;/h1-4,6-9,12H,(H,10,11);/q;+1/p-1/t1-,2-,3+,4+,6+;/m0./s1. The molecule has 0 aromatic rings. The molecule has 14 heavy (non-hydrogen) atoms. The van der Waals surface area contributed by atoms with Crippen LogP contribution in [0.5, 0.6) is 0 Å². The first-order chi connectivity index (χ1) is 5.95. The number of aliphatic carboxylic acids is 1. The molecule has 1 aliphatic heterocycles. The Morgan fingerprint density at radius 2 is 1.57 bits per heavy atom. The minimum absolute atomic E-state index is 0. The van der Waals surface area contributed by atoms with Gasteiger partial charge in [-0.3, -0.25) is 0 Å². The third-order valence-electron chi connectivity index (χ3n) is 1.82. The molecule has 1 saturated heterocycles. The molecule has 0 spiro atoms. The number of carbonyl (C=O) groups is 1. The van der Waals surface area contributed by atoms with Gasteiger partial charge in [0.05, 0.1) is 5.97 Å². The Labute approximate surface area is 101 Å². The van der Waals surface area contributed by atoms with Crippen LogP contribution in [0.4, 0.5) is 0 Å². The minimum atomic E-state index is -1.85. The van der Waals surface area contributed by atoms with Crippen molar-refractivity contribution in [2.45, 2.75) is 30.7 Å². The molecule has 1 heterocycles. The molecule has 4 N–H and O–H groups in total. The number of carboxylic acid groups (broad SMARTS) is 1. The maximum atomic E-state index is 10.3.